The van der Waals surface area contributed by atoms with Gasteiger partial charge in [-0.1, -0.05) is 18.2 Å². The van der Waals surface area contributed by atoms with Gasteiger partial charge >= 0.3 is 12.5 Å². The van der Waals surface area contributed by atoms with E-state index in [9.17, 15) is 31.1 Å². The van der Waals surface area contributed by atoms with E-state index < -0.39 is 35.2 Å². The molecule has 0 aliphatic carbocycles. The van der Waals surface area contributed by atoms with Crippen molar-refractivity contribution in [1.29, 1.82) is 0 Å². The van der Waals surface area contributed by atoms with Crippen LogP contribution in [0.15, 0.2) is 48.5 Å². The fourth-order valence-electron chi connectivity index (χ4n) is 1.89. The largest absolute Gasteiger partial charge is 0.573 e. The summed E-state index contributed by atoms with van der Waals surface area (Å²) in [6.45, 7) is 0. The predicted octanol–water partition coefficient (Wildman–Crippen LogP) is 4.84. The zero-order chi connectivity index (χ0) is 17.3. The second-order valence-corrected chi connectivity index (χ2v) is 4.44. The number of benzene rings is 2. The molecule has 0 heterocycles. The number of halogens is 6. The normalized spacial score (nSPS) is 12.1. The SMILES string of the molecule is O=C(c1ccc(OC(F)(F)F)cc1)c1ccccc1C(F)(F)F. The van der Waals surface area contributed by atoms with Gasteiger partial charge in [-0.3, -0.25) is 4.79 Å². The number of rotatable bonds is 3. The van der Waals surface area contributed by atoms with Crippen LogP contribution < -0.4 is 4.74 Å². The Labute approximate surface area is 126 Å². The zero-order valence-electron chi connectivity index (χ0n) is 11.2. The van der Waals surface area contributed by atoms with Crippen molar-refractivity contribution < 1.29 is 35.9 Å². The van der Waals surface area contributed by atoms with Gasteiger partial charge in [-0.15, -0.1) is 13.2 Å². The molecule has 2 nitrogen and oxygen atoms in total. The molecule has 0 radical (unpaired) electrons. The molecule has 0 amide bonds. The minimum Gasteiger partial charge on any atom is -0.406 e. The van der Waals surface area contributed by atoms with E-state index in [1.165, 1.54) is 6.07 Å². The highest BCUT2D eigenvalue weighted by atomic mass is 19.4. The minimum atomic E-state index is -4.89. The molecule has 0 saturated heterocycles. The van der Waals surface area contributed by atoms with E-state index >= 15 is 0 Å². The van der Waals surface area contributed by atoms with E-state index in [4.69, 9.17) is 0 Å². The molecule has 0 bridgehead atoms. The molecular formula is C15H8F6O2. The lowest BCUT2D eigenvalue weighted by Crippen LogP contribution is -2.17. The highest BCUT2D eigenvalue weighted by molar-refractivity contribution is 6.10. The second kappa shape index (κ2) is 5.94. The zero-order valence-corrected chi connectivity index (χ0v) is 11.2. The first-order chi connectivity index (χ1) is 10.6. The first kappa shape index (κ1) is 16.9. The Morgan fingerprint density at radius 1 is 0.826 bits per heavy atom. The summed E-state index contributed by atoms with van der Waals surface area (Å²) in [5, 5.41) is 0. The monoisotopic (exact) mass is 334 g/mol. The Morgan fingerprint density at radius 3 is 1.91 bits per heavy atom. The molecule has 2 aromatic carbocycles. The van der Waals surface area contributed by atoms with Crippen molar-refractivity contribution >= 4 is 5.78 Å². The van der Waals surface area contributed by atoms with Crippen molar-refractivity contribution in [2.75, 3.05) is 0 Å². The first-order valence-electron chi connectivity index (χ1n) is 6.14. The number of hydrogen-bond acceptors (Lipinski definition) is 2. The number of ether oxygens (including phenoxy) is 1. The summed E-state index contributed by atoms with van der Waals surface area (Å²) in [6, 6.07) is 7.82. The molecule has 0 N–H and O–H groups in total. The number of hydrogen-bond donors (Lipinski definition) is 0. The van der Waals surface area contributed by atoms with Crippen molar-refractivity contribution in [3.05, 3.63) is 65.2 Å². The van der Waals surface area contributed by atoms with Crippen molar-refractivity contribution in [3.63, 3.8) is 0 Å². The van der Waals surface area contributed by atoms with Crippen LogP contribution in [0, 0.1) is 0 Å². The molecule has 0 aliphatic rings. The summed E-state index contributed by atoms with van der Waals surface area (Å²) in [7, 11) is 0. The van der Waals surface area contributed by atoms with E-state index in [2.05, 4.69) is 4.74 Å². The van der Waals surface area contributed by atoms with E-state index in [1.807, 2.05) is 0 Å². The van der Waals surface area contributed by atoms with E-state index in [0.717, 1.165) is 42.5 Å². The van der Waals surface area contributed by atoms with Crippen molar-refractivity contribution in [1.82, 2.24) is 0 Å². The first-order valence-corrected chi connectivity index (χ1v) is 6.14. The van der Waals surface area contributed by atoms with Gasteiger partial charge in [-0.25, -0.2) is 0 Å². The van der Waals surface area contributed by atoms with Gasteiger partial charge in [0.05, 0.1) is 5.56 Å². The van der Waals surface area contributed by atoms with Crippen LogP contribution in [0.2, 0.25) is 0 Å². The van der Waals surface area contributed by atoms with Gasteiger partial charge in [0.15, 0.2) is 5.78 Å². The van der Waals surface area contributed by atoms with E-state index in [-0.39, 0.29) is 5.56 Å². The van der Waals surface area contributed by atoms with Crippen molar-refractivity contribution in [2.45, 2.75) is 12.5 Å². The molecule has 23 heavy (non-hydrogen) atoms. The van der Waals surface area contributed by atoms with Crippen LogP contribution in [0.3, 0.4) is 0 Å². The highest BCUT2D eigenvalue weighted by Crippen LogP contribution is 2.33. The molecule has 0 aromatic heterocycles. The van der Waals surface area contributed by atoms with Gasteiger partial charge in [0.1, 0.15) is 5.75 Å². The predicted molar refractivity (Wildman–Crippen MR) is 68.0 cm³/mol. The molecule has 0 atom stereocenters. The molecule has 0 aliphatic heterocycles. The third-order valence-corrected chi connectivity index (χ3v) is 2.83. The third-order valence-electron chi connectivity index (χ3n) is 2.83. The number of alkyl halides is 6. The van der Waals surface area contributed by atoms with E-state index in [1.54, 1.807) is 0 Å². The third kappa shape index (κ3) is 4.24. The fourth-order valence-corrected chi connectivity index (χ4v) is 1.89. The van der Waals surface area contributed by atoms with Gasteiger partial charge < -0.3 is 4.74 Å². The van der Waals surface area contributed by atoms with Gasteiger partial charge in [-0.05, 0) is 30.3 Å². The number of ketones is 1. The maximum absolute atomic E-state index is 12.9. The van der Waals surface area contributed by atoms with Crippen molar-refractivity contribution in [2.24, 2.45) is 0 Å². The van der Waals surface area contributed by atoms with Gasteiger partial charge in [0.2, 0.25) is 0 Å². The minimum absolute atomic E-state index is 0.184. The summed E-state index contributed by atoms with van der Waals surface area (Å²) < 4.78 is 78.4. The Hall–Kier alpha value is -2.51. The summed E-state index contributed by atoms with van der Waals surface area (Å²) in [4.78, 5) is 12.1. The number of carbonyl (C=O) groups is 1. The van der Waals surface area contributed by atoms with Crippen LogP contribution in [0.5, 0.6) is 5.75 Å². The van der Waals surface area contributed by atoms with Crippen LogP contribution in [-0.4, -0.2) is 12.1 Å². The topological polar surface area (TPSA) is 26.3 Å². The summed E-state index contributed by atoms with van der Waals surface area (Å²) >= 11 is 0. The van der Waals surface area contributed by atoms with Gasteiger partial charge in [0.25, 0.3) is 0 Å². The maximum Gasteiger partial charge on any atom is 0.573 e. The Bertz CT molecular complexity index is 701. The van der Waals surface area contributed by atoms with Crippen LogP contribution in [-0.2, 0) is 6.18 Å². The maximum atomic E-state index is 12.9. The average molecular weight is 334 g/mol. The van der Waals surface area contributed by atoms with Crippen LogP contribution in [0.25, 0.3) is 0 Å². The highest BCUT2D eigenvalue weighted by Gasteiger charge is 2.35. The molecule has 8 heteroatoms. The summed E-state index contributed by atoms with van der Waals surface area (Å²) in [6.07, 6.45) is -9.61. The molecule has 0 saturated carbocycles. The van der Waals surface area contributed by atoms with Gasteiger partial charge in [-0.2, -0.15) is 13.2 Å². The lowest BCUT2D eigenvalue weighted by atomic mass is 9.98. The second-order valence-electron chi connectivity index (χ2n) is 4.44. The molecular weight excluding hydrogens is 326 g/mol. The average Bonchev–Trinajstić information content (AvgIpc) is 2.45. The lowest BCUT2D eigenvalue weighted by molar-refractivity contribution is -0.274. The Balaban J connectivity index is 2.32. The fraction of sp³-hybridized carbons (Fsp3) is 0.133. The molecule has 2 rings (SSSR count). The quantitative estimate of drug-likeness (QED) is 0.593. The van der Waals surface area contributed by atoms with Crippen LogP contribution >= 0.6 is 0 Å². The smallest absolute Gasteiger partial charge is 0.406 e. The summed E-state index contributed by atoms with van der Waals surface area (Å²) in [5.74, 6) is -1.52. The molecule has 2 aromatic rings. The van der Waals surface area contributed by atoms with Crippen LogP contribution in [0.1, 0.15) is 21.5 Å². The summed E-state index contributed by atoms with van der Waals surface area (Å²) in [5.41, 5.74) is -1.87. The number of carbonyl (C=O) groups excluding carboxylic acids is 1. The van der Waals surface area contributed by atoms with Gasteiger partial charge in [0, 0.05) is 11.1 Å². The molecule has 122 valence electrons. The Kier molecular flexibility index (Phi) is 4.35. The molecule has 0 unspecified atom stereocenters. The molecule has 0 fully saturated rings. The van der Waals surface area contributed by atoms with Crippen LogP contribution in [0.4, 0.5) is 26.3 Å². The van der Waals surface area contributed by atoms with E-state index in [0.29, 0.717) is 0 Å². The Morgan fingerprint density at radius 2 is 1.39 bits per heavy atom. The lowest BCUT2D eigenvalue weighted by Gasteiger charge is -2.12. The molecule has 0 spiro atoms. The van der Waals surface area contributed by atoms with Crippen molar-refractivity contribution in [3.8, 4) is 5.75 Å². The standard InChI is InChI=1S/C15H8F6O2/c16-14(17,18)12-4-2-1-3-11(12)13(22)9-5-7-10(8-6-9)23-15(19,20)21/h1-8H.